The topological polar surface area (TPSA) is 84.5 Å². The number of benzene rings is 1. The van der Waals surface area contributed by atoms with Gasteiger partial charge in [-0.05, 0) is 50.4 Å². The van der Waals surface area contributed by atoms with E-state index in [0.29, 0.717) is 23.8 Å². The summed E-state index contributed by atoms with van der Waals surface area (Å²) in [6.45, 7) is 0. The van der Waals surface area contributed by atoms with Crippen LogP contribution < -0.4 is 10.6 Å². The van der Waals surface area contributed by atoms with Gasteiger partial charge in [0.05, 0.1) is 5.41 Å². The van der Waals surface area contributed by atoms with Gasteiger partial charge in [0.1, 0.15) is 0 Å². The third-order valence-corrected chi connectivity index (χ3v) is 6.89. The number of carbonyl (C=O) groups excluding carboxylic acids is 3. The number of hydrogen-bond donors (Lipinski definition) is 2. The van der Waals surface area contributed by atoms with Gasteiger partial charge in [0.25, 0.3) is 5.91 Å². The van der Waals surface area contributed by atoms with Crippen molar-refractivity contribution < 1.29 is 19.1 Å². The number of carbonyl (C=O) groups is 3. The second kappa shape index (κ2) is 7.07. The van der Waals surface area contributed by atoms with Crippen molar-refractivity contribution in [3.63, 3.8) is 0 Å². The largest absolute Gasteiger partial charge is 0.447 e. The highest BCUT2D eigenvalue weighted by Crippen LogP contribution is 2.64. The van der Waals surface area contributed by atoms with E-state index >= 15 is 0 Å². The highest BCUT2D eigenvalue weighted by atomic mass is 35.5. The molecule has 1 aromatic rings. The molecular weight excluding hydrogens is 380 g/mol. The van der Waals surface area contributed by atoms with E-state index in [1.54, 1.807) is 24.3 Å². The van der Waals surface area contributed by atoms with Crippen molar-refractivity contribution in [1.29, 1.82) is 0 Å². The number of nitrogens with one attached hydrogen (secondary N) is 2. The normalized spacial score (nSPS) is 33.8. The number of hydrogen-bond acceptors (Lipinski definition) is 4. The molecule has 0 heterocycles. The van der Waals surface area contributed by atoms with Crippen LogP contribution in [0.25, 0.3) is 0 Å². The first-order valence-electron chi connectivity index (χ1n) is 9.80. The van der Waals surface area contributed by atoms with Crippen LogP contribution in [0.15, 0.2) is 30.3 Å². The monoisotopic (exact) mass is 404 g/mol. The van der Waals surface area contributed by atoms with Crippen LogP contribution in [-0.2, 0) is 14.3 Å². The van der Waals surface area contributed by atoms with Gasteiger partial charge in [0.2, 0.25) is 6.10 Å². The summed E-state index contributed by atoms with van der Waals surface area (Å²) in [6.07, 6.45) is 4.02. The highest BCUT2D eigenvalue weighted by Gasteiger charge is 2.61. The lowest BCUT2D eigenvalue weighted by atomic mass is 9.49. The molecule has 3 unspecified atom stereocenters. The zero-order valence-corrected chi connectivity index (χ0v) is 16.6. The average Bonchev–Trinajstić information content (AvgIpc) is 2.64. The SMILES string of the molecule is CNC(=O)NC(=O)C(OC(=O)C12CC3CC(CC(Cl)(C3)C1)C2)c1ccccc1. The Balaban J connectivity index is 1.57. The molecule has 0 spiro atoms. The van der Waals surface area contributed by atoms with Gasteiger partial charge in [-0.3, -0.25) is 14.9 Å². The summed E-state index contributed by atoms with van der Waals surface area (Å²) < 4.78 is 5.78. The summed E-state index contributed by atoms with van der Waals surface area (Å²) in [7, 11) is 1.42. The van der Waals surface area contributed by atoms with E-state index in [1.807, 2.05) is 6.07 Å². The first-order chi connectivity index (χ1) is 13.3. The van der Waals surface area contributed by atoms with Crippen LogP contribution in [0, 0.1) is 17.3 Å². The standard InChI is InChI=1S/C21H25ClN2O4/c1-23-19(27)24-17(25)16(15-5-3-2-4-6-15)28-18(26)20-8-13-7-14(9-20)11-21(22,10-13)12-20/h2-6,13-14,16H,7-12H2,1H3,(H2,23,24,25,27). The van der Waals surface area contributed by atoms with Gasteiger partial charge in [0.15, 0.2) is 0 Å². The molecule has 3 amide bonds. The fourth-order valence-corrected chi connectivity index (χ4v) is 6.45. The third kappa shape index (κ3) is 3.50. The molecule has 4 aliphatic rings. The maximum Gasteiger partial charge on any atom is 0.321 e. The van der Waals surface area contributed by atoms with Crippen molar-refractivity contribution in [2.75, 3.05) is 7.05 Å². The van der Waals surface area contributed by atoms with Gasteiger partial charge in [-0.25, -0.2) is 4.79 Å². The van der Waals surface area contributed by atoms with Gasteiger partial charge >= 0.3 is 12.0 Å². The lowest BCUT2D eigenvalue weighted by molar-refractivity contribution is -0.178. The lowest BCUT2D eigenvalue weighted by Gasteiger charge is -2.58. The van der Waals surface area contributed by atoms with Crippen LogP contribution in [0.2, 0.25) is 0 Å². The number of urea groups is 1. The molecule has 4 bridgehead atoms. The minimum absolute atomic E-state index is 0.324. The second-order valence-electron chi connectivity index (χ2n) is 8.66. The number of alkyl halides is 1. The predicted molar refractivity (Wildman–Crippen MR) is 104 cm³/mol. The Labute approximate surface area is 169 Å². The van der Waals surface area contributed by atoms with Crippen molar-refractivity contribution in [3.05, 3.63) is 35.9 Å². The number of rotatable bonds is 4. The molecule has 5 rings (SSSR count). The van der Waals surface area contributed by atoms with E-state index in [0.717, 1.165) is 32.1 Å². The van der Waals surface area contributed by atoms with Gasteiger partial charge < -0.3 is 10.1 Å². The number of amides is 3. The molecule has 4 saturated carbocycles. The van der Waals surface area contributed by atoms with Crippen molar-refractivity contribution in [2.45, 2.75) is 49.5 Å². The van der Waals surface area contributed by atoms with Gasteiger partial charge in [-0.2, -0.15) is 0 Å². The Kier molecular flexibility index (Phi) is 4.86. The number of imide groups is 1. The zero-order chi connectivity index (χ0) is 19.9. The third-order valence-electron chi connectivity index (χ3n) is 6.45. The summed E-state index contributed by atoms with van der Waals surface area (Å²) >= 11 is 6.83. The van der Waals surface area contributed by atoms with Crippen molar-refractivity contribution in [2.24, 2.45) is 17.3 Å². The number of halogens is 1. The predicted octanol–water partition coefficient (Wildman–Crippen LogP) is 3.30. The molecule has 3 atom stereocenters. The molecule has 4 aliphatic carbocycles. The Hall–Kier alpha value is -2.08. The molecule has 2 N–H and O–H groups in total. The van der Waals surface area contributed by atoms with Crippen LogP contribution in [-0.4, -0.2) is 29.8 Å². The minimum Gasteiger partial charge on any atom is -0.447 e. The van der Waals surface area contributed by atoms with Crippen molar-refractivity contribution in [1.82, 2.24) is 10.6 Å². The summed E-state index contributed by atoms with van der Waals surface area (Å²) in [5.74, 6) is -0.140. The lowest BCUT2D eigenvalue weighted by Crippen LogP contribution is -2.56. The molecule has 150 valence electrons. The maximum absolute atomic E-state index is 13.3. The minimum atomic E-state index is -1.18. The summed E-state index contributed by atoms with van der Waals surface area (Å²) in [4.78, 5) is 37.3. The molecule has 28 heavy (non-hydrogen) atoms. The maximum atomic E-state index is 13.3. The summed E-state index contributed by atoms with van der Waals surface area (Å²) in [5, 5.41) is 4.56. The molecule has 0 aliphatic heterocycles. The first-order valence-corrected chi connectivity index (χ1v) is 10.2. The van der Waals surface area contributed by atoms with E-state index < -0.39 is 23.5 Å². The zero-order valence-electron chi connectivity index (χ0n) is 15.9. The first kappa shape index (κ1) is 19.2. The fourth-order valence-electron chi connectivity index (χ4n) is 5.76. The highest BCUT2D eigenvalue weighted by molar-refractivity contribution is 6.24. The Bertz CT molecular complexity index is 783. The number of ether oxygens (including phenoxy) is 1. The van der Waals surface area contributed by atoms with Crippen molar-refractivity contribution >= 4 is 29.5 Å². The Morgan fingerprint density at radius 3 is 2.32 bits per heavy atom. The van der Waals surface area contributed by atoms with Crippen LogP contribution in [0.3, 0.4) is 0 Å². The quantitative estimate of drug-likeness (QED) is 0.595. The smallest absolute Gasteiger partial charge is 0.321 e. The molecule has 0 aromatic heterocycles. The van der Waals surface area contributed by atoms with Crippen LogP contribution in [0.1, 0.15) is 50.2 Å². The van der Waals surface area contributed by atoms with Crippen LogP contribution in [0.4, 0.5) is 4.79 Å². The molecule has 7 heteroatoms. The van der Waals surface area contributed by atoms with E-state index in [4.69, 9.17) is 16.3 Å². The fraction of sp³-hybridized carbons (Fsp3) is 0.571. The average molecular weight is 405 g/mol. The van der Waals surface area contributed by atoms with Gasteiger partial charge in [-0.15, -0.1) is 11.6 Å². The molecule has 0 radical (unpaired) electrons. The molecular formula is C21H25ClN2O4. The summed E-state index contributed by atoms with van der Waals surface area (Å²) in [6, 6.07) is 8.13. The molecule has 0 saturated heterocycles. The number of esters is 1. The summed E-state index contributed by atoms with van der Waals surface area (Å²) in [5.41, 5.74) is -0.0887. The van der Waals surface area contributed by atoms with E-state index in [-0.39, 0.29) is 10.8 Å². The molecule has 6 nitrogen and oxygen atoms in total. The van der Waals surface area contributed by atoms with E-state index in [1.165, 1.54) is 7.05 Å². The van der Waals surface area contributed by atoms with Crippen LogP contribution >= 0.6 is 11.6 Å². The second-order valence-corrected chi connectivity index (χ2v) is 9.46. The Morgan fingerprint density at radius 2 is 1.75 bits per heavy atom. The van der Waals surface area contributed by atoms with E-state index in [2.05, 4.69) is 10.6 Å². The van der Waals surface area contributed by atoms with Gasteiger partial charge in [0, 0.05) is 17.5 Å². The van der Waals surface area contributed by atoms with Crippen LogP contribution in [0.5, 0.6) is 0 Å². The van der Waals surface area contributed by atoms with Crippen molar-refractivity contribution in [3.8, 4) is 0 Å². The Morgan fingerprint density at radius 1 is 1.11 bits per heavy atom. The van der Waals surface area contributed by atoms with Gasteiger partial charge in [-0.1, -0.05) is 30.3 Å². The van der Waals surface area contributed by atoms with E-state index in [9.17, 15) is 14.4 Å². The molecule has 4 fully saturated rings. The molecule has 1 aromatic carbocycles.